The molecule has 1 aliphatic heterocycles. The fourth-order valence-corrected chi connectivity index (χ4v) is 1.89. The molecular weight excluding hydrogens is 312 g/mol. The Morgan fingerprint density at radius 3 is 2.90 bits per heavy atom. The molecule has 21 heavy (non-hydrogen) atoms. The van der Waals surface area contributed by atoms with Crippen molar-refractivity contribution in [2.24, 2.45) is 0 Å². The Hall–Kier alpha value is -1.81. The normalized spacial score (nSPS) is 19.8. The van der Waals surface area contributed by atoms with Crippen LogP contribution in [-0.4, -0.2) is 45.7 Å². The largest absolute Gasteiger partial charge is 0.353 e. The van der Waals surface area contributed by atoms with Crippen molar-refractivity contribution in [2.75, 3.05) is 13.1 Å². The Morgan fingerprint density at radius 2 is 2.38 bits per heavy atom. The molecule has 1 aromatic heterocycles. The molecular formula is C10H14ClF2N5O3. The molecule has 8 nitrogen and oxygen atoms in total. The summed E-state index contributed by atoms with van der Waals surface area (Å²) in [7, 11) is 0. The fraction of sp³-hybridized carbons (Fsp3) is 0.600. The van der Waals surface area contributed by atoms with E-state index in [9.17, 15) is 23.7 Å². The highest BCUT2D eigenvalue weighted by molar-refractivity contribution is 5.85. The third-order valence-electron chi connectivity index (χ3n) is 2.90. The maximum Gasteiger partial charge on any atom is 0.306 e. The lowest BCUT2D eigenvalue weighted by atomic mass is 10.2. The highest BCUT2D eigenvalue weighted by Gasteiger charge is 2.42. The Kier molecular flexibility index (Phi) is 5.55. The summed E-state index contributed by atoms with van der Waals surface area (Å²) in [5.41, 5.74) is -0.145. The number of nitrogens with one attached hydrogen (secondary N) is 2. The van der Waals surface area contributed by atoms with Crippen molar-refractivity contribution >= 4 is 24.0 Å². The number of nitro groups is 1. The van der Waals surface area contributed by atoms with E-state index in [1.165, 1.54) is 10.9 Å². The Labute approximate surface area is 124 Å². The molecule has 11 heteroatoms. The van der Waals surface area contributed by atoms with Gasteiger partial charge in [-0.05, 0) is 0 Å². The number of rotatable bonds is 5. The zero-order valence-electron chi connectivity index (χ0n) is 10.8. The molecule has 0 radical (unpaired) electrons. The summed E-state index contributed by atoms with van der Waals surface area (Å²) in [6, 6.07) is -0.906. The maximum absolute atomic E-state index is 12.9. The van der Waals surface area contributed by atoms with Gasteiger partial charge < -0.3 is 5.32 Å². The average Bonchev–Trinajstić information content (AvgIpc) is 2.95. The first-order chi connectivity index (χ1) is 9.37. The second-order valence-electron chi connectivity index (χ2n) is 4.50. The number of hydrogen-bond donors (Lipinski definition) is 2. The molecule has 1 fully saturated rings. The van der Waals surface area contributed by atoms with Gasteiger partial charge in [0, 0.05) is 13.0 Å². The van der Waals surface area contributed by atoms with Crippen molar-refractivity contribution in [3.63, 3.8) is 0 Å². The van der Waals surface area contributed by atoms with Gasteiger partial charge in [-0.1, -0.05) is 0 Å². The SMILES string of the molecule is Cl.O=C(NCCn1cc([N+](=O)[O-])cn1)C1CC(F)(F)CN1. The second-order valence-corrected chi connectivity index (χ2v) is 4.50. The van der Waals surface area contributed by atoms with Crippen molar-refractivity contribution in [1.29, 1.82) is 0 Å². The molecule has 1 unspecified atom stereocenters. The third kappa shape index (κ3) is 4.60. The summed E-state index contributed by atoms with van der Waals surface area (Å²) in [6.45, 7) is -0.124. The van der Waals surface area contributed by atoms with Crippen LogP contribution in [0, 0.1) is 10.1 Å². The van der Waals surface area contributed by atoms with Crippen LogP contribution in [0.5, 0.6) is 0 Å². The van der Waals surface area contributed by atoms with E-state index in [1.807, 2.05) is 0 Å². The minimum atomic E-state index is -2.86. The predicted molar refractivity (Wildman–Crippen MR) is 70.5 cm³/mol. The molecule has 1 amide bonds. The summed E-state index contributed by atoms with van der Waals surface area (Å²) in [5.74, 6) is -3.37. The lowest BCUT2D eigenvalue weighted by Crippen LogP contribution is -2.41. The zero-order valence-corrected chi connectivity index (χ0v) is 11.6. The van der Waals surface area contributed by atoms with Gasteiger partial charge in [0.05, 0.1) is 24.1 Å². The summed E-state index contributed by atoms with van der Waals surface area (Å²) in [4.78, 5) is 21.4. The molecule has 1 saturated heterocycles. The Morgan fingerprint density at radius 1 is 1.67 bits per heavy atom. The van der Waals surface area contributed by atoms with Crippen LogP contribution < -0.4 is 10.6 Å². The number of aromatic nitrogens is 2. The van der Waals surface area contributed by atoms with E-state index in [4.69, 9.17) is 0 Å². The molecule has 0 bridgehead atoms. The minimum Gasteiger partial charge on any atom is -0.353 e. The molecule has 0 spiro atoms. The Balaban J connectivity index is 0.00000220. The van der Waals surface area contributed by atoms with Crippen LogP contribution in [0.3, 0.4) is 0 Å². The second kappa shape index (κ2) is 6.76. The van der Waals surface area contributed by atoms with Gasteiger partial charge in [0.1, 0.15) is 12.4 Å². The number of amides is 1. The molecule has 0 aliphatic carbocycles. The third-order valence-corrected chi connectivity index (χ3v) is 2.90. The van der Waals surface area contributed by atoms with Gasteiger partial charge in [-0.25, -0.2) is 8.78 Å². The highest BCUT2D eigenvalue weighted by atomic mass is 35.5. The smallest absolute Gasteiger partial charge is 0.306 e. The van der Waals surface area contributed by atoms with E-state index in [2.05, 4.69) is 15.7 Å². The van der Waals surface area contributed by atoms with Crippen molar-refractivity contribution in [2.45, 2.75) is 24.9 Å². The number of carbonyl (C=O) groups excluding carboxylic acids is 1. The monoisotopic (exact) mass is 325 g/mol. The summed E-state index contributed by atoms with van der Waals surface area (Å²) in [5, 5.41) is 19.1. The van der Waals surface area contributed by atoms with Gasteiger partial charge in [-0.2, -0.15) is 5.10 Å². The van der Waals surface area contributed by atoms with Gasteiger partial charge >= 0.3 is 5.69 Å². The molecule has 0 aromatic carbocycles. The first-order valence-corrected chi connectivity index (χ1v) is 5.93. The molecule has 118 valence electrons. The molecule has 0 saturated carbocycles. The number of halogens is 3. The molecule has 2 rings (SSSR count). The van der Waals surface area contributed by atoms with Gasteiger partial charge in [-0.3, -0.25) is 24.9 Å². The van der Waals surface area contributed by atoms with Crippen molar-refractivity contribution in [1.82, 2.24) is 20.4 Å². The van der Waals surface area contributed by atoms with E-state index < -0.39 is 35.8 Å². The van der Waals surface area contributed by atoms with E-state index in [1.54, 1.807) is 0 Å². The number of carbonyl (C=O) groups is 1. The van der Waals surface area contributed by atoms with Crippen LogP contribution in [-0.2, 0) is 11.3 Å². The lowest BCUT2D eigenvalue weighted by molar-refractivity contribution is -0.385. The van der Waals surface area contributed by atoms with Gasteiger partial charge in [0.2, 0.25) is 5.91 Å². The van der Waals surface area contributed by atoms with Crippen LogP contribution in [0.1, 0.15) is 6.42 Å². The molecule has 1 atom stereocenters. The average molecular weight is 326 g/mol. The summed E-state index contributed by atoms with van der Waals surface area (Å²) < 4.78 is 27.1. The van der Waals surface area contributed by atoms with Crippen molar-refractivity contribution in [3.8, 4) is 0 Å². The number of nitrogens with zero attached hydrogens (tertiary/aromatic N) is 3. The quantitative estimate of drug-likeness (QED) is 0.600. The van der Waals surface area contributed by atoms with E-state index in [0.717, 1.165) is 6.20 Å². The maximum atomic E-state index is 12.9. The van der Waals surface area contributed by atoms with Crippen molar-refractivity contribution < 1.29 is 18.5 Å². The van der Waals surface area contributed by atoms with Crippen LogP contribution in [0.2, 0.25) is 0 Å². The fourth-order valence-electron chi connectivity index (χ4n) is 1.89. The van der Waals surface area contributed by atoms with Gasteiger partial charge in [0.15, 0.2) is 0 Å². The zero-order chi connectivity index (χ0) is 14.8. The first-order valence-electron chi connectivity index (χ1n) is 5.93. The Bertz CT molecular complexity index is 525. The number of alkyl halides is 2. The number of hydrogen-bond acceptors (Lipinski definition) is 5. The summed E-state index contributed by atoms with van der Waals surface area (Å²) in [6.07, 6.45) is 1.81. The lowest BCUT2D eigenvalue weighted by Gasteiger charge is -2.11. The molecule has 1 aromatic rings. The molecule has 2 N–H and O–H groups in total. The van der Waals surface area contributed by atoms with Crippen LogP contribution >= 0.6 is 12.4 Å². The van der Waals surface area contributed by atoms with Crippen molar-refractivity contribution in [3.05, 3.63) is 22.5 Å². The van der Waals surface area contributed by atoms with E-state index >= 15 is 0 Å². The van der Waals surface area contributed by atoms with Crippen LogP contribution in [0.15, 0.2) is 12.4 Å². The molecule has 2 heterocycles. The van der Waals surface area contributed by atoms with Crippen LogP contribution in [0.25, 0.3) is 0 Å². The summed E-state index contributed by atoms with van der Waals surface area (Å²) >= 11 is 0. The van der Waals surface area contributed by atoms with E-state index in [-0.39, 0.29) is 31.2 Å². The standard InChI is InChI=1S/C10H13F2N5O3.ClH/c11-10(12)3-8(14-6-10)9(18)13-1-2-16-5-7(4-15-16)17(19)20;/h4-5,8,14H,1-3,6H2,(H,13,18);1H. The molecule has 1 aliphatic rings. The van der Waals surface area contributed by atoms with Crippen LogP contribution in [0.4, 0.5) is 14.5 Å². The first kappa shape index (κ1) is 17.2. The predicted octanol–water partition coefficient (Wildman–Crippen LogP) is 0.326. The van der Waals surface area contributed by atoms with Gasteiger partial charge in [0.25, 0.3) is 5.92 Å². The van der Waals surface area contributed by atoms with Gasteiger partial charge in [-0.15, -0.1) is 12.4 Å². The van der Waals surface area contributed by atoms with E-state index in [0.29, 0.717) is 0 Å². The minimum absolute atomic E-state index is 0. The highest BCUT2D eigenvalue weighted by Crippen LogP contribution is 2.24. The topological polar surface area (TPSA) is 102 Å².